The average molecular weight is 310 g/mol. The van der Waals surface area contributed by atoms with Crippen molar-refractivity contribution in [2.75, 3.05) is 0 Å². The molecule has 0 spiro atoms. The molecule has 0 aliphatic heterocycles. The first-order valence-electron chi connectivity index (χ1n) is 5.70. The molecule has 2 aromatic rings. The summed E-state index contributed by atoms with van der Waals surface area (Å²) in [6.45, 7) is 2.10. The van der Waals surface area contributed by atoms with Crippen LogP contribution in [0.3, 0.4) is 0 Å². The van der Waals surface area contributed by atoms with Crippen LogP contribution >= 0.6 is 27.3 Å². The fourth-order valence-electron chi connectivity index (χ4n) is 1.87. The highest BCUT2D eigenvalue weighted by Crippen LogP contribution is 2.27. The fourth-order valence-corrected chi connectivity index (χ4v) is 3.13. The number of aryl methyl sites for hydroxylation is 2. The van der Waals surface area contributed by atoms with Crippen molar-refractivity contribution in [1.29, 1.82) is 0 Å². The molecule has 0 saturated carbocycles. The van der Waals surface area contributed by atoms with Gasteiger partial charge in [0.15, 0.2) is 0 Å². The molecule has 2 rings (SSSR count). The van der Waals surface area contributed by atoms with Gasteiger partial charge < -0.3 is 5.73 Å². The first-order chi connectivity index (χ1) is 8.18. The van der Waals surface area contributed by atoms with Gasteiger partial charge in [0.1, 0.15) is 0 Å². The van der Waals surface area contributed by atoms with Crippen molar-refractivity contribution in [2.45, 2.75) is 25.8 Å². The highest BCUT2D eigenvalue weighted by molar-refractivity contribution is 9.10. The Balaban J connectivity index is 2.04. The summed E-state index contributed by atoms with van der Waals surface area (Å²) in [7, 11) is 0. The largest absolute Gasteiger partial charge is 0.324 e. The Morgan fingerprint density at radius 1 is 1.35 bits per heavy atom. The molecule has 1 atom stereocenters. The van der Waals surface area contributed by atoms with E-state index in [4.69, 9.17) is 5.73 Å². The van der Waals surface area contributed by atoms with Crippen LogP contribution < -0.4 is 5.73 Å². The molecule has 2 N–H and O–H groups in total. The summed E-state index contributed by atoms with van der Waals surface area (Å²) < 4.78 is 1.15. The number of hydrogen-bond donors (Lipinski definition) is 1. The number of halogens is 1. The quantitative estimate of drug-likeness (QED) is 0.887. The predicted octanol–water partition coefficient (Wildman–Crippen LogP) is 4.45. The molecule has 0 radical (unpaired) electrons. The molecule has 1 nitrogen and oxygen atoms in total. The topological polar surface area (TPSA) is 26.0 Å². The van der Waals surface area contributed by atoms with Crippen LogP contribution in [-0.2, 0) is 6.42 Å². The van der Waals surface area contributed by atoms with E-state index >= 15 is 0 Å². The lowest BCUT2D eigenvalue weighted by molar-refractivity contribution is 0.649. The zero-order chi connectivity index (χ0) is 12.3. The van der Waals surface area contributed by atoms with Gasteiger partial charge >= 0.3 is 0 Å². The predicted molar refractivity (Wildman–Crippen MR) is 78.4 cm³/mol. The smallest absolute Gasteiger partial charge is 0.0309 e. The summed E-state index contributed by atoms with van der Waals surface area (Å²) in [5.74, 6) is 0. The van der Waals surface area contributed by atoms with Gasteiger partial charge in [-0.15, -0.1) is 0 Å². The van der Waals surface area contributed by atoms with E-state index in [-0.39, 0.29) is 6.04 Å². The third-order valence-electron chi connectivity index (χ3n) is 2.95. The van der Waals surface area contributed by atoms with E-state index < -0.39 is 0 Å². The Morgan fingerprint density at radius 2 is 2.18 bits per heavy atom. The lowest BCUT2D eigenvalue weighted by atomic mass is 9.99. The van der Waals surface area contributed by atoms with E-state index in [1.54, 1.807) is 11.3 Å². The first kappa shape index (κ1) is 12.8. The average Bonchev–Trinajstić information content (AvgIpc) is 2.82. The molecular weight excluding hydrogens is 294 g/mol. The Hall–Kier alpha value is -0.640. The van der Waals surface area contributed by atoms with E-state index in [0.29, 0.717) is 0 Å². The molecule has 0 fully saturated rings. The molecule has 1 unspecified atom stereocenters. The molecule has 17 heavy (non-hydrogen) atoms. The molecule has 90 valence electrons. The van der Waals surface area contributed by atoms with Crippen molar-refractivity contribution in [3.8, 4) is 0 Å². The van der Waals surface area contributed by atoms with Crippen molar-refractivity contribution in [2.24, 2.45) is 5.73 Å². The van der Waals surface area contributed by atoms with Gasteiger partial charge in [-0.25, -0.2) is 0 Å². The van der Waals surface area contributed by atoms with E-state index in [9.17, 15) is 0 Å². The van der Waals surface area contributed by atoms with Crippen molar-refractivity contribution < 1.29 is 0 Å². The van der Waals surface area contributed by atoms with Gasteiger partial charge in [-0.2, -0.15) is 11.3 Å². The summed E-state index contributed by atoms with van der Waals surface area (Å²) in [5.41, 5.74) is 10.1. The molecule has 3 heteroatoms. The normalized spacial score (nSPS) is 12.6. The first-order valence-corrected chi connectivity index (χ1v) is 7.43. The summed E-state index contributed by atoms with van der Waals surface area (Å²) in [5, 5.41) is 4.31. The van der Waals surface area contributed by atoms with Crippen LogP contribution in [0, 0.1) is 6.92 Å². The molecule has 0 amide bonds. The van der Waals surface area contributed by atoms with E-state index in [1.807, 2.05) is 0 Å². The minimum atomic E-state index is 0.101. The van der Waals surface area contributed by atoms with E-state index in [1.165, 1.54) is 16.7 Å². The third kappa shape index (κ3) is 3.18. The maximum atomic E-state index is 6.25. The highest BCUT2D eigenvalue weighted by atomic mass is 79.9. The van der Waals surface area contributed by atoms with Crippen LogP contribution in [0.1, 0.15) is 29.2 Å². The van der Waals surface area contributed by atoms with Crippen LogP contribution in [0.25, 0.3) is 0 Å². The van der Waals surface area contributed by atoms with Crippen LogP contribution in [0.15, 0.2) is 39.5 Å². The van der Waals surface area contributed by atoms with E-state index in [0.717, 1.165) is 17.3 Å². The second-order valence-electron chi connectivity index (χ2n) is 4.25. The minimum Gasteiger partial charge on any atom is -0.324 e. The molecular formula is C14H16BrNS. The van der Waals surface area contributed by atoms with Gasteiger partial charge in [-0.05, 0) is 53.3 Å². The SMILES string of the molecule is Cc1cccc(C(N)CCc2ccsc2)c1Br. The van der Waals surface area contributed by atoms with Crippen molar-refractivity contribution in [3.05, 3.63) is 56.2 Å². The van der Waals surface area contributed by atoms with Gasteiger partial charge in [0, 0.05) is 10.5 Å². The van der Waals surface area contributed by atoms with Crippen LogP contribution in [0.4, 0.5) is 0 Å². The molecule has 0 aliphatic carbocycles. The monoisotopic (exact) mass is 309 g/mol. The van der Waals surface area contributed by atoms with Crippen LogP contribution in [0.2, 0.25) is 0 Å². The Labute approximate surface area is 115 Å². The van der Waals surface area contributed by atoms with E-state index in [2.05, 4.69) is 57.9 Å². The van der Waals surface area contributed by atoms with Gasteiger partial charge in [-0.3, -0.25) is 0 Å². The second-order valence-corrected chi connectivity index (χ2v) is 5.83. The number of benzene rings is 1. The third-order valence-corrected chi connectivity index (χ3v) is 4.76. The standard InChI is InChI=1S/C14H16BrNS/c1-10-3-2-4-12(14(10)15)13(16)6-5-11-7-8-17-9-11/h2-4,7-9,13H,5-6,16H2,1H3. The number of rotatable bonds is 4. The van der Waals surface area contributed by atoms with Crippen molar-refractivity contribution in [3.63, 3.8) is 0 Å². The van der Waals surface area contributed by atoms with Crippen LogP contribution in [0.5, 0.6) is 0 Å². The molecule has 1 aromatic heterocycles. The zero-order valence-corrected chi connectivity index (χ0v) is 12.2. The van der Waals surface area contributed by atoms with Gasteiger partial charge in [-0.1, -0.05) is 34.1 Å². The summed E-state index contributed by atoms with van der Waals surface area (Å²) in [4.78, 5) is 0. The van der Waals surface area contributed by atoms with Crippen molar-refractivity contribution in [1.82, 2.24) is 0 Å². The molecule has 0 saturated heterocycles. The highest BCUT2D eigenvalue weighted by Gasteiger charge is 2.11. The number of hydrogen-bond acceptors (Lipinski definition) is 2. The maximum Gasteiger partial charge on any atom is 0.0309 e. The lowest BCUT2D eigenvalue weighted by Gasteiger charge is -2.14. The van der Waals surface area contributed by atoms with Crippen molar-refractivity contribution >= 4 is 27.3 Å². The number of nitrogens with two attached hydrogens (primary N) is 1. The molecule has 1 heterocycles. The Kier molecular flexibility index (Phi) is 4.37. The zero-order valence-electron chi connectivity index (χ0n) is 9.82. The lowest BCUT2D eigenvalue weighted by Crippen LogP contribution is -2.12. The molecule has 0 aliphatic rings. The summed E-state index contributed by atoms with van der Waals surface area (Å²) in [6.07, 6.45) is 2.03. The Morgan fingerprint density at radius 3 is 2.88 bits per heavy atom. The summed E-state index contributed by atoms with van der Waals surface area (Å²) >= 11 is 5.36. The summed E-state index contributed by atoms with van der Waals surface area (Å²) in [6, 6.07) is 8.54. The maximum absolute atomic E-state index is 6.25. The second kappa shape index (κ2) is 5.80. The van der Waals surface area contributed by atoms with Crippen LogP contribution in [-0.4, -0.2) is 0 Å². The van der Waals surface area contributed by atoms with Gasteiger partial charge in [0.2, 0.25) is 0 Å². The van der Waals surface area contributed by atoms with Gasteiger partial charge in [0.05, 0.1) is 0 Å². The minimum absolute atomic E-state index is 0.101. The molecule has 1 aromatic carbocycles. The Bertz CT molecular complexity index is 479. The number of thiophene rings is 1. The van der Waals surface area contributed by atoms with Gasteiger partial charge in [0.25, 0.3) is 0 Å². The molecule has 0 bridgehead atoms. The fraction of sp³-hybridized carbons (Fsp3) is 0.286.